The largest absolute Gasteiger partial charge is 0.350 e. The molecule has 0 fully saturated rings. The first-order valence-corrected chi connectivity index (χ1v) is 10.4. The van der Waals surface area contributed by atoms with E-state index in [1.54, 1.807) is 6.07 Å². The van der Waals surface area contributed by atoms with Crippen molar-refractivity contribution in [1.82, 2.24) is 10.6 Å². The average molecular weight is 430 g/mol. The van der Waals surface area contributed by atoms with Gasteiger partial charge in [-0.3, -0.25) is 14.3 Å². The summed E-state index contributed by atoms with van der Waals surface area (Å²) in [5.41, 5.74) is 1.09. The van der Waals surface area contributed by atoms with E-state index in [1.165, 1.54) is 36.4 Å². The molecule has 2 aromatic carbocycles. The zero-order valence-electron chi connectivity index (χ0n) is 14.3. The maximum atomic E-state index is 12.0. The second-order valence-corrected chi connectivity index (χ2v) is 8.16. The Balaban J connectivity index is 1.80. The number of halogens is 2. The molecule has 2 amide bonds. The van der Waals surface area contributed by atoms with Crippen molar-refractivity contribution in [1.29, 1.82) is 0 Å². The zero-order valence-corrected chi connectivity index (χ0v) is 16.6. The Bertz CT molecular complexity index is 947. The summed E-state index contributed by atoms with van der Waals surface area (Å²) in [6, 6.07) is 10.5. The number of anilines is 1. The molecule has 0 aliphatic rings. The number of nitrogens with one attached hydrogen (secondary N) is 3. The van der Waals surface area contributed by atoms with Crippen LogP contribution < -0.4 is 15.4 Å². The van der Waals surface area contributed by atoms with Crippen molar-refractivity contribution in [2.24, 2.45) is 0 Å². The van der Waals surface area contributed by atoms with Gasteiger partial charge in [0.05, 0.1) is 16.3 Å². The van der Waals surface area contributed by atoms with Crippen molar-refractivity contribution in [3.63, 3.8) is 0 Å². The Kier molecular flexibility index (Phi) is 7.06. The lowest BCUT2D eigenvalue weighted by atomic mass is 10.2. The van der Waals surface area contributed by atoms with Crippen LogP contribution in [-0.2, 0) is 10.0 Å². The molecular formula is C17H17Cl2N3O4S. The fourth-order valence-corrected chi connectivity index (χ4v) is 2.96. The number of benzene rings is 2. The van der Waals surface area contributed by atoms with Crippen LogP contribution >= 0.6 is 23.2 Å². The van der Waals surface area contributed by atoms with E-state index in [0.29, 0.717) is 21.8 Å². The van der Waals surface area contributed by atoms with Crippen LogP contribution in [0.3, 0.4) is 0 Å². The first kappa shape index (κ1) is 21.0. The molecule has 27 heavy (non-hydrogen) atoms. The highest BCUT2D eigenvalue weighted by molar-refractivity contribution is 7.92. The molecule has 0 spiro atoms. The molecule has 0 atom stereocenters. The third-order valence-electron chi connectivity index (χ3n) is 3.33. The maximum Gasteiger partial charge on any atom is 0.251 e. The average Bonchev–Trinajstić information content (AvgIpc) is 2.60. The number of rotatable bonds is 7. The van der Waals surface area contributed by atoms with Crippen molar-refractivity contribution in [2.45, 2.75) is 0 Å². The van der Waals surface area contributed by atoms with Crippen LogP contribution in [0.15, 0.2) is 42.5 Å². The van der Waals surface area contributed by atoms with Crippen molar-refractivity contribution in [2.75, 3.05) is 24.1 Å². The molecular weight excluding hydrogens is 413 g/mol. The number of carbonyl (C=O) groups excluding carboxylic acids is 2. The molecule has 0 aliphatic heterocycles. The summed E-state index contributed by atoms with van der Waals surface area (Å²) >= 11 is 11.7. The van der Waals surface area contributed by atoms with Crippen LogP contribution in [0.1, 0.15) is 20.7 Å². The molecule has 3 N–H and O–H groups in total. The van der Waals surface area contributed by atoms with E-state index in [0.717, 1.165) is 6.26 Å². The van der Waals surface area contributed by atoms with Gasteiger partial charge in [-0.05, 0) is 42.5 Å². The summed E-state index contributed by atoms with van der Waals surface area (Å²) in [7, 11) is -3.37. The summed E-state index contributed by atoms with van der Waals surface area (Å²) < 4.78 is 24.6. The molecule has 0 bridgehead atoms. The van der Waals surface area contributed by atoms with Crippen molar-refractivity contribution in [3.05, 3.63) is 63.6 Å². The molecule has 0 aromatic heterocycles. The Morgan fingerprint density at radius 2 is 1.37 bits per heavy atom. The lowest BCUT2D eigenvalue weighted by molar-refractivity contribution is 0.0927. The molecule has 0 aliphatic carbocycles. The van der Waals surface area contributed by atoms with Crippen LogP contribution in [0.2, 0.25) is 10.0 Å². The quantitative estimate of drug-likeness (QED) is 0.588. The monoisotopic (exact) mass is 429 g/mol. The van der Waals surface area contributed by atoms with Gasteiger partial charge in [-0.15, -0.1) is 0 Å². The second-order valence-electron chi connectivity index (χ2n) is 5.59. The number of hydrogen-bond donors (Lipinski definition) is 3. The summed E-state index contributed by atoms with van der Waals surface area (Å²) in [6.45, 7) is 0.438. The van der Waals surface area contributed by atoms with E-state index < -0.39 is 10.0 Å². The molecule has 0 saturated heterocycles. The SMILES string of the molecule is CS(=O)(=O)Nc1ccc(C(=O)NCCNC(=O)c2ccc(Cl)c(Cl)c2)cc1. The van der Waals surface area contributed by atoms with Crippen molar-refractivity contribution in [3.8, 4) is 0 Å². The predicted octanol–water partition coefficient (Wildman–Crippen LogP) is 2.52. The Morgan fingerprint density at radius 3 is 1.89 bits per heavy atom. The van der Waals surface area contributed by atoms with Crippen LogP contribution in [0.5, 0.6) is 0 Å². The zero-order chi connectivity index (χ0) is 20.0. The highest BCUT2D eigenvalue weighted by Crippen LogP contribution is 2.22. The lowest BCUT2D eigenvalue weighted by Crippen LogP contribution is -2.34. The maximum absolute atomic E-state index is 12.0. The molecule has 0 heterocycles. The standard InChI is InChI=1S/C17H17Cl2N3O4S/c1-27(25,26)22-13-5-2-11(3-6-13)16(23)20-8-9-21-17(24)12-4-7-14(18)15(19)10-12/h2-7,10,22H,8-9H2,1H3,(H,20,23)(H,21,24). The van der Waals surface area contributed by atoms with Gasteiger partial charge >= 0.3 is 0 Å². The summed E-state index contributed by atoms with van der Waals surface area (Å²) in [4.78, 5) is 24.0. The second kappa shape index (κ2) is 9.07. The Hall–Kier alpha value is -2.29. The third kappa shape index (κ3) is 6.74. The van der Waals surface area contributed by atoms with Gasteiger partial charge in [-0.1, -0.05) is 23.2 Å². The van der Waals surface area contributed by atoms with E-state index in [4.69, 9.17) is 23.2 Å². The van der Waals surface area contributed by atoms with E-state index >= 15 is 0 Å². The van der Waals surface area contributed by atoms with E-state index in [-0.39, 0.29) is 29.9 Å². The van der Waals surface area contributed by atoms with Gasteiger partial charge in [0.1, 0.15) is 0 Å². The minimum atomic E-state index is -3.37. The highest BCUT2D eigenvalue weighted by Gasteiger charge is 2.09. The molecule has 0 radical (unpaired) electrons. The number of sulfonamides is 1. The minimum absolute atomic E-state index is 0.217. The summed E-state index contributed by atoms with van der Waals surface area (Å²) in [6.07, 6.45) is 1.04. The fourth-order valence-electron chi connectivity index (χ4n) is 2.10. The molecule has 0 unspecified atom stereocenters. The first-order chi connectivity index (χ1) is 12.7. The Labute approximate surface area is 167 Å². The van der Waals surface area contributed by atoms with Crippen molar-refractivity contribution >= 4 is 50.7 Å². The van der Waals surface area contributed by atoms with Gasteiger partial charge in [-0.2, -0.15) is 0 Å². The van der Waals surface area contributed by atoms with E-state index in [1.807, 2.05) is 0 Å². The summed E-state index contributed by atoms with van der Waals surface area (Å²) in [5.74, 6) is -0.677. The van der Waals surface area contributed by atoms with Crippen LogP contribution in [0.4, 0.5) is 5.69 Å². The number of hydrogen-bond acceptors (Lipinski definition) is 4. The number of amides is 2. The smallest absolute Gasteiger partial charge is 0.251 e. The molecule has 0 saturated carbocycles. The van der Waals surface area contributed by atoms with Gasteiger partial charge < -0.3 is 10.6 Å². The van der Waals surface area contributed by atoms with E-state index in [9.17, 15) is 18.0 Å². The van der Waals surface area contributed by atoms with Crippen LogP contribution in [0.25, 0.3) is 0 Å². The van der Waals surface area contributed by atoms with Crippen molar-refractivity contribution < 1.29 is 18.0 Å². The molecule has 2 rings (SSSR count). The van der Waals surface area contributed by atoms with Gasteiger partial charge in [0.15, 0.2) is 0 Å². The predicted molar refractivity (Wildman–Crippen MR) is 106 cm³/mol. The highest BCUT2D eigenvalue weighted by atomic mass is 35.5. The first-order valence-electron chi connectivity index (χ1n) is 7.75. The molecule has 7 nitrogen and oxygen atoms in total. The molecule has 10 heteroatoms. The van der Waals surface area contributed by atoms with Gasteiger partial charge in [0.2, 0.25) is 10.0 Å². The van der Waals surface area contributed by atoms with E-state index in [2.05, 4.69) is 15.4 Å². The molecule has 2 aromatic rings. The van der Waals surface area contributed by atoms with Gasteiger partial charge in [-0.25, -0.2) is 8.42 Å². The van der Waals surface area contributed by atoms with Gasteiger partial charge in [0, 0.05) is 29.9 Å². The topological polar surface area (TPSA) is 104 Å². The lowest BCUT2D eigenvalue weighted by Gasteiger charge is -2.09. The normalized spacial score (nSPS) is 10.9. The molecule has 144 valence electrons. The third-order valence-corrected chi connectivity index (χ3v) is 4.67. The van der Waals surface area contributed by atoms with Gasteiger partial charge in [0.25, 0.3) is 11.8 Å². The van der Waals surface area contributed by atoms with Crippen LogP contribution in [-0.4, -0.2) is 39.6 Å². The Morgan fingerprint density at radius 1 is 0.852 bits per heavy atom. The number of carbonyl (C=O) groups is 2. The summed E-state index contributed by atoms with van der Waals surface area (Å²) in [5, 5.41) is 5.95. The minimum Gasteiger partial charge on any atom is -0.350 e. The fraction of sp³-hybridized carbons (Fsp3) is 0.176. The van der Waals surface area contributed by atoms with Crippen LogP contribution in [0, 0.1) is 0 Å².